The van der Waals surface area contributed by atoms with E-state index in [0.717, 1.165) is 6.42 Å². The fraction of sp³-hybridized carbons (Fsp3) is 0.533. The van der Waals surface area contributed by atoms with E-state index in [4.69, 9.17) is 5.73 Å². The summed E-state index contributed by atoms with van der Waals surface area (Å²) >= 11 is 0. The number of benzene rings is 1. The fourth-order valence-electron chi connectivity index (χ4n) is 2.67. The van der Waals surface area contributed by atoms with Crippen molar-refractivity contribution in [2.24, 2.45) is 11.1 Å². The number of rotatable bonds is 2. The highest BCUT2D eigenvalue weighted by molar-refractivity contribution is 5.95. The van der Waals surface area contributed by atoms with Crippen molar-refractivity contribution < 1.29 is 9.72 Å². The maximum absolute atomic E-state index is 12.5. The van der Waals surface area contributed by atoms with E-state index in [1.165, 1.54) is 6.07 Å². The molecule has 1 unspecified atom stereocenters. The highest BCUT2D eigenvalue weighted by Gasteiger charge is 2.35. The Balaban J connectivity index is 0.00000242. The van der Waals surface area contributed by atoms with Gasteiger partial charge in [0, 0.05) is 36.3 Å². The number of hydrogen-bond acceptors (Lipinski definition) is 4. The quantitative estimate of drug-likeness (QED) is 0.667. The zero-order chi connectivity index (χ0) is 15.8. The zero-order valence-electron chi connectivity index (χ0n) is 13.0. The van der Waals surface area contributed by atoms with Crippen molar-refractivity contribution in [2.45, 2.75) is 33.2 Å². The number of nitro groups is 1. The number of nitro benzene ring substituents is 1. The Morgan fingerprint density at radius 3 is 2.64 bits per heavy atom. The molecule has 0 aliphatic carbocycles. The lowest BCUT2D eigenvalue weighted by atomic mass is 9.79. The van der Waals surface area contributed by atoms with Crippen molar-refractivity contribution in [3.63, 3.8) is 0 Å². The minimum atomic E-state index is -0.456. The van der Waals surface area contributed by atoms with Crippen molar-refractivity contribution in [3.05, 3.63) is 39.4 Å². The number of aryl methyl sites for hydroxylation is 1. The van der Waals surface area contributed by atoms with E-state index in [2.05, 4.69) is 0 Å². The molecule has 0 saturated carbocycles. The Morgan fingerprint density at radius 1 is 1.45 bits per heavy atom. The molecule has 1 heterocycles. The average molecular weight is 328 g/mol. The summed E-state index contributed by atoms with van der Waals surface area (Å²) in [5.74, 6) is -0.168. The van der Waals surface area contributed by atoms with E-state index in [1.807, 2.05) is 13.8 Å². The Kier molecular flexibility index (Phi) is 5.54. The molecule has 1 aliphatic heterocycles. The van der Waals surface area contributed by atoms with E-state index in [9.17, 15) is 14.9 Å². The Labute approximate surface area is 136 Å². The molecule has 1 atom stereocenters. The molecule has 22 heavy (non-hydrogen) atoms. The van der Waals surface area contributed by atoms with Crippen molar-refractivity contribution >= 4 is 24.0 Å². The average Bonchev–Trinajstić information content (AvgIpc) is 2.41. The van der Waals surface area contributed by atoms with Crippen LogP contribution in [0.1, 0.15) is 36.2 Å². The molecule has 2 rings (SSSR count). The molecular weight excluding hydrogens is 306 g/mol. The maximum Gasteiger partial charge on any atom is 0.273 e. The number of piperidine rings is 1. The lowest BCUT2D eigenvalue weighted by Gasteiger charge is -2.42. The standard InChI is InChI=1S/C15H21N3O3.ClH/c1-10-4-5-11(8-12(10)18(20)21)14(19)17-7-6-13(16)15(2,3)9-17;/h4-5,8,13H,6-7,9,16H2,1-3H3;1H. The predicted molar refractivity (Wildman–Crippen MR) is 87.4 cm³/mol. The van der Waals surface area contributed by atoms with Gasteiger partial charge in [-0.05, 0) is 24.8 Å². The summed E-state index contributed by atoms with van der Waals surface area (Å²) in [7, 11) is 0. The molecule has 122 valence electrons. The van der Waals surface area contributed by atoms with Gasteiger partial charge in [0.05, 0.1) is 4.92 Å². The van der Waals surface area contributed by atoms with Gasteiger partial charge in [-0.25, -0.2) is 0 Å². The largest absolute Gasteiger partial charge is 0.338 e. The molecule has 1 fully saturated rings. The Bertz CT molecular complexity index is 589. The summed E-state index contributed by atoms with van der Waals surface area (Å²) in [4.78, 5) is 24.8. The molecule has 0 bridgehead atoms. The number of amides is 1. The third kappa shape index (κ3) is 3.56. The number of nitrogens with zero attached hydrogens (tertiary/aromatic N) is 2. The minimum Gasteiger partial charge on any atom is -0.338 e. The first-order valence-electron chi connectivity index (χ1n) is 7.02. The van der Waals surface area contributed by atoms with E-state index >= 15 is 0 Å². The van der Waals surface area contributed by atoms with Crippen LogP contribution in [0.2, 0.25) is 0 Å². The Morgan fingerprint density at radius 2 is 2.09 bits per heavy atom. The third-order valence-electron chi connectivity index (χ3n) is 4.25. The van der Waals surface area contributed by atoms with Crippen LogP contribution in [0.4, 0.5) is 5.69 Å². The van der Waals surface area contributed by atoms with Crippen LogP contribution in [0.15, 0.2) is 18.2 Å². The van der Waals surface area contributed by atoms with Crippen molar-refractivity contribution in [3.8, 4) is 0 Å². The summed E-state index contributed by atoms with van der Waals surface area (Å²) in [6.07, 6.45) is 0.743. The molecule has 1 saturated heterocycles. The van der Waals surface area contributed by atoms with Crippen molar-refractivity contribution in [2.75, 3.05) is 13.1 Å². The molecule has 0 aromatic heterocycles. The van der Waals surface area contributed by atoms with Gasteiger partial charge in [0.15, 0.2) is 0 Å². The van der Waals surface area contributed by atoms with Crippen LogP contribution in [-0.4, -0.2) is 34.9 Å². The molecule has 1 aromatic carbocycles. The summed E-state index contributed by atoms with van der Waals surface area (Å²) in [6, 6.07) is 4.69. The van der Waals surface area contributed by atoms with Crippen LogP contribution in [0, 0.1) is 22.5 Å². The number of halogens is 1. The van der Waals surface area contributed by atoms with Gasteiger partial charge >= 0.3 is 0 Å². The molecule has 7 heteroatoms. The van der Waals surface area contributed by atoms with Gasteiger partial charge in [-0.1, -0.05) is 19.9 Å². The number of likely N-dealkylation sites (tertiary alicyclic amines) is 1. The van der Waals surface area contributed by atoms with Gasteiger partial charge in [0.25, 0.3) is 11.6 Å². The van der Waals surface area contributed by atoms with Crippen LogP contribution in [0.5, 0.6) is 0 Å². The van der Waals surface area contributed by atoms with Crippen molar-refractivity contribution in [1.29, 1.82) is 0 Å². The number of carbonyl (C=O) groups is 1. The summed E-state index contributed by atoms with van der Waals surface area (Å²) in [5, 5.41) is 11.0. The molecule has 1 aromatic rings. The van der Waals surface area contributed by atoms with Crippen LogP contribution in [-0.2, 0) is 0 Å². The van der Waals surface area contributed by atoms with E-state index in [-0.39, 0.29) is 35.5 Å². The van der Waals surface area contributed by atoms with Gasteiger partial charge in [-0.3, -0.25) is 14.9 Å². The van der Waals surface area contributed by atoms with Crippen LogP contribution < -0.4 is 5.73 Å². The van der Waals surface area contributed by atoms with E-state index in [0.29, 0.717) is 24.2 Å². The molecule has 0 spiro atoms. The summed E-state index contributed by atoms with van der Waals surface area (Å²) in [6.45, 7) is 6.89. The molecule has 6 nitrogen and oxygen atoms in total. The fourth-order valence-corrected chi connectivity index (χ4v) is 2.67. The smallest absolute Gasteiger partial charge is 0.273 e. The first-order chi connectivity index (χ1) is 9.72. The molecular formula is C15H22ClN3O3. The first kappa shape index (κ1) is 18.4. The third-order valence-corrected chi connectivity index (χ3v) is 4.25. The highest BCUT2D eigenvalue weighted by atomic mass is 35.5. The summed E-state index contributed by atoms with van der Waals surface area (Å²) < 4.78 is 0. The van der Waals surface area contributed by atoms with Gasteiger partial charge in [0.2, 0.25) is 0 Å². The van der Waals surface area contributed by atoms with Gasteiger partial charge in [-0.2, -0.15) is 0 Å². The van der Waals surface area contributed by atoms with Gasteiger partial charge in [0.1, 0.15) is 0 Å². The van der Waals surface area contributed by atoms with E-state index < -0.39 is 4.92 Å². The minimum absolute atomic E-state index is 0. The number of carbonyl (C=O) groups excluding carboxylic acids is 1. The molecule has 2 N–H and O–H groups in total. The maximum atomic E-state index is 12.5. The number of nitrogens with two attached hydrogens (primary N) is 1. The van der Waals surface area contributed by atoms with Crippen molar-refractivity contribution in [1.82, 2.24) is 4.90 Å². The second-order valence-corrected chi connectivity index (χ2v) is 6.37. The predicted octanol–water partition coefficient (Wildman–Crippen LogP) is 2.52. The zero-order valence-corrected chi connectivity index (χ0v) is 13.9. The first-order valence-corrected chi connectivity index (χ1v) is 7.02. The van der Waals surface area contributed by atoms with Crippen LogP contribution in [0.25, 0.3) is 0 Å². The number of hydrogen-bond donors (Lipinski definition) is 1. The SMILES string of the molecule is Cc1ccc(C(=O)N2CCC(N)C(C)(C)C2)cc1[N+](=O)[O-].Cl. The molecule has 1 amide bonds. The highest BCUT2D eigenvalue weighted by Crippen LogP contribution is 2.29. The van der Waals surface area contributed by atoms with Gasteiger partial charge in [-0.15, -0.1) is 12.4 Å². The summed E-state index contributed by atoms with van der Waals surface area (Å²) in [5.41, 5.74) is 6.82. The second kappa shape index (κ2) is 6.62. The monoisotopic (exact) mass is 327 g/mol. The topological polar surface area (TPSA) is 89.5 Å². The van der Waals surface area contributed by atoms with Crippen LogP contribution >= 0.6 is 12.4 Å². The normalized spacial score (nSPS) is 20.2. The molecule has 1 aliphatic rings. The Hall–Kier alpha value is -1.66. The second-order valence-electron chi connectivity index (χ2n) is 6.37. The lowest BCUT2D eigenvalue weighted by Crippen LogP contribution is -2.54. The lowest BCUT2D eigenvalue weighted by molar-refractivity contribution is -0.385. The van der Waals surface area contributed by atoms with E-state index in [1.54, 1.807) is 24.0 Å². The molecule has 0 radical (unpaired) electrons. The van der Waals surface area contributed by atoms with Crippen LogP contribution in [0.3, 0.4) is 0 Å². The van der Waals surface area contributed by atoms with Gasteiger partial charge < -0.3 is 10.6 Å².